The highest BCUT2D eigenvalue weighted by Crippen LogP contribution is 2.39. The highest BCUT2D eigenvalue weighted by molar-refractivity contribution is 6.62. The number of nitrogens with zero attached hydrogens (tertiary/aromatic N) is 1. The molecule has 3 aromatic rings. The van der Waals surface area contributed by atoms with E-state index in [0.29, 0.717) is 0 Å². The van der Waals surface area contributed by atoms with Gasteiger partial charge in [0.15, 0.2) is 0 Å². The third kappa shape index (κ3) is 2.53. The van der Waals surface area contributed by atoms with Crippen molar-refractivity contribution in [1.82, 2.24) is 0 Å². The molecule has 3 nitrogen and oxygen atoms in total. The molecule has 1 aliphatic rings. The maximum absolute atomic E-state index is 6.19. The highest BCUT2D eigenvalue weighted by Gasteiger charge is 2.31. The smallest absolute Gasteiger partial charge is 0.520 e. The van der Waals surface area contributed by atoms with Gasteiger partial charge < -0.3 is 14.2 Å². The lowest BCUT2D eigenvalue weighted by Gasteiger charge is -2.30. The number of fused-ring (bicyclic) bond motifs is 2. The molecule has 1 aliphatic heterocycles. The van der Waals surface area contributed by atoms with Gasteiger partial charge in [0, 0.05) is 12.5 Å². The topological polar surface area (TPSA) is 21.7 Å². The molecule has 23 heavy (non-hydrogen) atoms. The van der Waals surface area contributed by atoms with Crippen molar-refractivity contribution in [2.24, 2.45) is 0 Å². The summed E-state index contributed by atoms with van der Waals surface area (Å²) in [6.45, 7) is 0. The molecule has 4 heteroatoms. The van der Waals surface area contributed by atoms with Gasteiger partial charge >= 0.3 is 7.12 Å². The van der Waals surface area contributed by atoms with Crippen LogP contribution in [-0.4, -0.2) is 14.2 Å². The largest absolute Gasteiger partial charge is 0.632 e. The minimum Gasteiger partial charge on any atom is -0.520 e. The fourth-order valence-corrected chi connectivity index (χ4v) is 2.80. The van der Waals surface area contributed by atoms with Gasteiger partial charge in [0.05, 0.1) is 11.4 Å². The van der Waals surface area contributed by atoms with Crippen LogP contribution in [0.2, 0.25) is 0 Å². The first kappa shape index (κ1) is 13.8. The lowest BCUT2D eigenvalue weighted by atomic mass is 9.78. The number of rotatable bonds is 1. The molecule has 112 valence electrons. The lowest BCUT2D eigenvalue weighted by molar-refractivity contribution is 0.436. The summed E-state index contributed by atoms with van der Waals surface area (Å²) in [6, 6.07) is 26.0. The third-order valence-electron chi connectivity index (χ3n) is 3.99. The Kier molecular flexibility index (Phi) is 3.43. The fourth-order valence-electron chi connectivity index (χ4n) is 2.80. The van der Waals surface area contributed by atoms with Crippen LogP contribution in [0.4, 0.5) is 11.4 Å². The van der Waals surface area contributed by atoms with Gasteiger partial charge in [-0.25, -0.2) is 0 Å². The Labute approximate surface area is 136 Å². The van der Waals surface area contributed by atoms with E-state index in [1.807, 2.05) is 73.8 Å². The van der Waals surface area contributed by atoms with Crippen LogP contribution < -0.4 is 19.7 Å². The van der Waals surface area contributed by atoms with Crippen molar-refractivity contribution in [2.75, 3.05) is 11.9 Å². The second-order valence-electron chi connectivity index (χ2n) is 5.47. The van der Waals surface area contributed by atoms with Crippen LogP contribution in [0.25, 0.3) is 0 Å². The Balaban J connectivity index is 1.87. The van der Waals surface area contributed by atoms with E-state index < -0.39 is 7.12 Å². The Bertz CT molecular complexity index is 773. The molecular formula is C19H16BNO2. The van der Waals surface area contributed by atoms with Gasteiger partial charge in [0.1, 0.15) is 11.5 Å². The van der Waals surface area contributed by atoms with Gasteiger partial charge in [0.2, 0.25) is 0 Å². The first-order chi connectivity index (χ1) is 11.3. The lowest BCUT2D eigenvalue weighted by Crippen LogP contribution is -2.43. The first-order valence-electron chi connectivity index (χ1n) is 7.63. The zero-order valence-corrected chi connectivity index (χ0v) is 12.8. The first-order valence-corrected chi connectivity index (χ1v) is 7.63. The summed E-state index contributed by atoms with van der Waals surface area (Å²) in [5.74, 6) is 1.61. The minimum absolute atomic E-state index is 0.479. The molecule has 0 radical (unpaired) electrons. The SMILES string of the molecule is CN1c2ccccc2OB(c2ccccc2)Oc2ccccc21. The van der Waals surface area contributed by atoms with E-state index >= 15 is 0 Å². The quantitative estimate of drug-likeness (QED) is 0.641. The van der Waals surface area contributed by atoms with Crippen molar-refractivity contribution < 1.29 is 9.31 Å². The van der Waals surface area contributed by atoms with Crippen LogP contribution in [0.5, 0.6) is 11.5 Å². The van der Waals surface area contributed by atoms with E-state index in [-0.39, 0.29) is 0 Å². The number of benzene rings is 3. The normalized spacial score (nSPS) is 13.1. The number of hydrogen-bond donors (Lipinski definition) is 0. The standard InChI is InChI=1S/C19H16BNO2/c1-21-16-11-5-7-13-18(16)22-20(15-9-3-2-4-10-15)23-19-14-8-6-12-17(19)21/h2-14H,1H3. The van der Waals surface area contributed by atoms with Gasteiger partial charge in [-0.15, -0.1) is 0 Å². The van der Waals surface area contributed by atoms with Crippen LogP contribution in [0.3, 0.4) is 0 Å². The summed E-state index contributed by atoms with van der Waals surface area (Å²) in [5, 5.41) is 0. The summed E-state index contributed by atoms with van der Waals surface area (Å²) in [5.41, 5.74) is 3.02. The molecule has 0 fully saturated rings. The van der Waals surface area contributed by atoms with Crippen LogP contribution in [0.1, 0.15) is 0 Å². The number of hydrogen-bond acceptors (Lipinski definition) is 3. The molecule has 0 bridgehead atoms. The number of anilines is 2. The predicted octanol–water partition coefficient (Wildman–Crippen LogP) is 3.62. The van der Waals surface area contributed by atoms with Gasteiger partial charge in [-0.05, 0) is 24.3 Å². The molecular weight excluding hydrogens is 285 g/mol. The average molecular weight is 301 g/mol. The maximum Gasteiger partial charge on any atom is 0.632 e. The third-order valence-corrected chi connectivity index (χ3v) is 3.99. The molecule has 0 spiro atoms. The van der Waals surface area contributed by atoms with E-state index in [2.05, 4.69) is 17.0 Å². The molecule has 0 unspecified atom stereocenters. The second kappa shape index (κ2) is 5.73. The zero-order valence-electron chi connectivity index (χ0n) is 12.8. The van der Waals surface area contributed by atoms with E-state index in [1.165, 1.54) is 0 Å². The van der Waals surface area contributed by atoms with E-state index in [9.17, 15) is 0 Å². The molecule has 0 amide bonds. The zero-order chi connectivity index (χ0) is 15.6. The molecule has 0 saturated heterocycles. The van der Waals surface area contributed by atoms with Gasteiger partial charge in [-0.1, -0.05) is 54.6 Å². The highest BCUT2D eigenvalue weighted by atomic mass is 16.6. The van der Waals surface area contributed by atoms with E-state index in [4.69, 9.17) is 9.31 Å². The summed E-state index contributed by atoms with van der Waals surface area (Å²) in [7, 11) is 1.54. The summed E-state index contributed by atoms with van der Waals surface area (Å²) >= 11 is 0. The van der Waals surface area contributed by atoms with Gasteiger partial charge in [0.25, 0.3) is 0 Å². The average Bonchev–Trinajstić information content (AvgIpc) is 2.61. The second-order valence-corrected chi connectivity index (χ2v) is 5.47. The van der Waals surface area contributed by atoms with Crippen molar-refractivity contribution >= 4 is 24.0 Å². The monoisotopic (exact) mass is 301 g/mol. The molecule has 4 rings (SSSR count). The van der Waals surface area contributed by atoms with Crippen molar-refractivity contribution in [2.45, 2.75) is 0 Å². The predicted molar refractivity (Wildman–Crippen MR) is 94.0 cm³/mol. The van der Waals surface area contributed by atoms with Crippen LogP contribution in [0.15, 0.2) is 78.9 Å². The van der Waals surface area contributed by atoms with E-state index in [1.54, 1.807) is 0 Å². The molecule has 0 aromatic heterocycles. The van der Waals surface area contributed by atoms with Crippen LogP contribution >= 0.6 is 0 Å². The summed E-state index contributed by atoms with van der Waals surface area (Å²) in [4.78, 5) is 2.09. The fraction of sp³-hybridized carbons (Fsp3) is 0.0526. The van der Waals surface area contributed by atoms with Crippen LogP contribution in [0, 0.1) is 0 Å². The van der Waals surface area contributed by atoms with Crippen molar-refractivity contribution in [1.29, 1.82) is 0 Å². The molecule has 0 N–H and O–H groups in total. The summed E-state index contributed by atoms with van der Waals surface area (Å²) < 4.78 is 12.4. The van der Waals surface area contributed by atoms with Crippen molar-refractivity contribution in [3.63, 3.8) is 0 Å². The van der Waals surface area contributed by atoms with Gasteiger partial charge in [-0.3, -0.25) is 0 Å². The molecule has 0 aliphatic carbocycles. The van der Waals surface area contributed by atoms with Crippen LogP contribution in [-0.2, 0) is 0 Å². The molecule has 1 heterocycles. The van der Waals surface area contributed by atoms with Crippen molar-refractivity contribution in [3.8, 4) is 11.5 Å². The molecule has 0 saturated carbocycles. The Morgan fingerprint density at radius 2 is 1.13 bits per heavy atom. The molecule has 0 atom stereocenters. The van der Waals surface area contributed by atoms with E-state index in [0.717, 1.165) is 28.3 Å². The molecule has 3 aromatic carbocycles. The number of para-hydroxylation sites is 4. The van der Waals surface area contributed by atoms with Crippen molar-refractivity contribution in [3.05, 3.63) is 78.9 Å². The Morgan fingerprint density at radius 3 is 1.70 bits per heavy atom. The van der Waals surface area contributed by atoms with Gasteiger partial charge in [-0.2, -0.15) is 0 Å². The Hall–Kier alpha value is -2.88. The minimum atomic E-state index is -0.479. The maximum atomic E-state index is 6.19. The summed E-state index contributed by atoms with van der Waals surface area (Å²) in [6.07, 6.45) is 0. The Morgan fingerprint density at radius 1 is 0.652 bits per heavy atom.